The second-order valence-corrected chi connectivity index (χ2v) is 16.9. The first-order valence-electron chi connectivity index (χ1n) is 19.1. The minimum Gasteiger partial charge on any atom is -0.230 e. The van der Waals surface area contributed by atoms with Gasteiger partial charge in [0.25, 0.3) is 10.2 Å². The molecule has 1 aromatic rings. The Labute approximate surface area is 292 Å². The van der Waals surface area contributed by atoms with Crippen LogP contribution in [0.3, 0.4) is 0 Å². The molecule has 0 fully saturated rings. The highest BCUT2D eigenvalue weighted by Crippen LogP contribution is 2.34. The monoisotopic (exact) mass is 780 g/mol. The summed E-state index contributed by atoms with van der Waals surface area (Å²) >= 11 is -3.57. The van der Waals surface area contributed by atoms with Gasteiger partial charge in [0.1, 0.15) is 0 Å². The van der Waals surface area contributed by atoms with Gasteiger partial charge in [0.05, 0.1) is 3.57 Å². The lowest BCUT2D eigenvalue weighted by Crippen LogP contribution is -2.21. The minimum absolute atomic E-state index is 0.761. The van der Waals surface area contributed by atoms with Crippen LogP contribution in [-0.4, -0.2) is 8.42 Å². The highest BCUT2D eigenvalue weighted by molar-refractivity contribution is 14.2. The zero-order valence-electron chi connectivity index (χ0n) is 30.5. The summed E-state index contributed by atoms with van der Waals surface area (Å²) in [6.07, 6.45) is 35.3. The van der Waals surface area contributed by atoms with E-state index in [-0.39, 0.29) is 0 Å². The maximum Gasteiger partial charge on any atom is 0.341 e. The van der Waals surface area contributed by atoms with Gasteiger partial charge in [-0.2, -0.15) is 8.42 Å². The highest BCUT2D eigenvalue weighted by Gasteiger charge is 2.20. The molecule has 0 radical (unpaired) electrons. The number of rotatable bonds is 29. The van der Waals surface area contributed by atoms with Crippen LogP contribution in [0, 0.1) is 3.57 Å². The van der Waals surface area contributed by atoms with Gasteiger partial charge in [0.2, 0.25) is 0 Å². The van der Waals surface area contributed by atoms with E-state index < -0.39 is 30.0 Å². The molecule has 0 unspecified atom stereocenters. The first-order valence-corrected chi connectivity index (χ1v) is 23.6. The summed E-state index contributed by atoms with van der Waals surface area (Å²) in [6.45, 7) is 9.12. The summed E-state index contributed by atoms with van der Waals surface area (Å²) in [7, 11) is -3.67. The summed E-state index contributed by atoms with van der Waals surface area (Å²) in [5.74, 6) is 0. The fourth-order valence-electron chi connectivity index (χ4n) is 6.43. The summed E-state index contributed by atoms with van der Waals surface area (Å²) in [4.78, 5) is 0. The lowest BCUT2D eigenvalue weighted by atomic mass is 9.85. The Bertz CT molecular complexity index is 1040. The van der Waals surface area contributed by atoms with E-state index in [9.17, 15) is 14.6 Å². The largest absolute Gasteiger partial charge is 0.341 e. The van der Waals surface area contributed by atoms with Crippen molar-refractivity contribution < 1.29 is 14.6 Å². The molecular weight excluding hydrogens is 707 g/mol. The van der Waals surface area contributed by atoms with Crippen LogP contribution < -0.4 is 10.3 Å². The number of nitrogens with two attached hydrogens (primary N) is 2. The fourth-order valence-corrected chi connectivity index (χ4v) is 8.19. The highest BCUT2D eigenvalue weighted by atomic mass is 127. The van der Waals surface area contributed by atoms with Crippen molar-refractivity contribution in [1.29, 1.82) is 0 Å². The third kappa shape index (κ3) is 25.4. The van der Waals surface area contributed by atoms with Crippen molar-refractivity contribution in [2.75, 3.05) is 0 Å². The number of halogens is 1. The molecule has 4 N–H and O–H groups in total. The van der Waals surface area contributed by atoms with E-state index in [0.29, 0.717) is 0 Å². The second-order valence-electron chi connectivity index (χ2n) is 13.3. The fraction of sp³-hybridized carbons (Fsp3) is 0.842. The summed E-state index contributed by atoms with van der Waals surface area (Å²) < 4.78 is 44.7. The van der Waals surface area contributed by atoms with Gasteiger partial charge in [-0.05, 0) is 79.7 Å². The first kappa shape index (κ1) is 45.4. The summed E-state index contributed by atoms with van der Waals surface area (Å²) in [5.41, 5.74) is 5.70. The minimum atomic E-state index is -3.67. The Hall–Kier alpha value is -0.580. The number of hydrogen-bond donors (Lipinski definition) is 2. The molecule has 6 nitrogen and oxygen atoms in total. The van der Waals surface area contributed by atoms with Crippen molar-refractivity contribution >= 4 is 30.0 Å². The molecule has 0 heterocycles. The molecule has 272 valence electrons. The van der Waals surface area contributed by atoms with E-state index in [0.717, 1.165) is 35.7 Å². The Morgan fingerprint density at radius 3 is 1.09 bits per heavy atom. The Morgan fingerprint density at radius 1 is 0.457 bits per heavy atom. The zero-order valence-corrected chi connectivity index (χ0v) is 33.4. The van der Waals surface area contributed by atoms with Crippen LogP contribution in [0.4, 0.5) is 0 Å². The van der Waals surface area contributed by atoms with Gasteiger partial charge in [-0.25, -0.2) is 16.4 Å². The van der Waals surface area contributed by atoms with Crippen LogP contribution in [0.25, 0.3) is 0 Å². The molecule has 0 aromatic heterocycles. The average molecular weight is 781 g/mol. The van der Waals surface area contributed by atoms with E-state index in [1.165, 1.54) is 164 Å². The summed E-state index contributed by atoms with van der Waals surface area (Å²) in [6, 6.07) is 2.18. The van der Waals surface area contributed by atoms with E-state index in [1.54, 1.807) is 5.56 Å². The normalized spacial score (nSPS) is 11.6. The maximum absolute atomic E-state index is 12.8. The van der Waals surface area contributed by atoms with Gasteiger partial charge in [-0.3, -0.25) is 0 Å². The van der Waals surface area contributed by atoms with Crippen molar-refractivity contribution in [3.63, 3.8) is 0 Å². The van der Waals surface area contributed by atoms with E-state index >= 15 is 0 Å². The van der Waals surface area contributed by atoms with Gasteiger partial charge in [0, 0.05) is 0 Å². The van der Waals surface area contributed by atoms with Crippen molar-refractivity contribution in [2.45, 2.75) is 207 Å². The van der Waals surface area contributed by atoms with E-state index in [1.807, 2.05) is 0 Å². The predicted molar refractivity (Wildman–Crippen MR) is 206 cm³/mol. The van der Waals surface area contributed by atoms with Gasteiger partial charge in [-0.15, -0.1) is 0 Å². The number of unbranched alkanes of at least 4 members (excludes halogenated alkanes) is 20. The Morgan fingerprint density at radius 2 is 0.739 bits per heavy atom. The molecule has 0 aliphatic heterocycles. The van der Waals surface area contributed by atoms with Crippen LogP contribution in [0.2, 0.25) is 0 Å². The molecule has 46 heavy (non-hydrogen) atoms. The predicted octanol–water partition coefficient (Wildman–Crippen LogP) is 11.8. The van der Waals surface area contributed by atoms with Crippen LogP contribution in [0.5, 0.6) is 0 Å². The molecule has 8 heteroatoms. The van der Waals surface area contributed by atoms with E-state index in [4.69, 9.17) is 0 Å². The maximum atomic E-state index is 12.8. The molecule has 0 atom stereocenters. The average Bonchev–Trinajstić information content (AvgIpc) is 3.00. The lowest BCUT2D eigenvalue weighted by Gasteiger charge is -2.21. The first-order chi connectivity index (χ1) is 22.1. The molecule has 0 aliphatic carbocycles. The number of aryl methyl sites for hydroxylation is 1. The van der Waals surface area contributed by atoms with Crippen molar-refractivity contribution in [1.82, 2.24) is 0 Å². The van der Waals surface area contributed by atoms with Crippen molar-refractivity contribution in [2.24, 2.45) is 10.3 Å². The smallest absolute Gasteiger partial charge is 0.230 e. The molecule has 1 rings (SSSR count). The Balaban J connectivity index is 0.00000373. The lowest BCUT2D eigenvalue weighted by molar-refractivity contribution is 0.587. The summed E-state index contributed by atoms with van der Waals surface area (Å²) in [5, 5.41) is 8.21. The van der Waals surface area contributed by atoms with Gasteiger partial charge < -0.3 is 0 Å². The molecule has 0 aliphatic rings. The third-order valence-electron chi connectivity index (χ3n) is 9.01. The topological polar surface area (TPSA) is 120 Å². The quantitative estimate of drug-likeness (QED) is 0.0621. The van der Waals surface area contributed by atoms with Crippen LogP contribution in [-0.2, 0) is 42.0 Å². The number of hydrogen-bond acceptors (Lipinski definition) is 4. The molecule has 0 saturated heterocycles. The second kappa shape index (κ2) is 30.5. The van der Waals surface area contributed by atoms with Gasteiger partial charge >= 0.3 is 19.8 Å². The molecule has 0 spiro atoms. The van der Waals surface area contributed by atoms with E-state index in [2.05, 4.69) is 44.0 Å². The molecular formula is C38H73IN2O4S. The third-order valence-corrected chi connectivity index (χ3v) is 10.9. The molecule has 0 saturated carbocycles. The van der Waals surface area contributed by atoms with Crippen molar-refractivity contribution in [3.8, 4) is 0 Å². The number of benzene rings is 1. The standard InChI is InChI=1S/C38H69IO2.H4N2O2S/c1-5-9-13-17-21-25-29-34-33-38(39(40)41)37(32-28-24-20-16-12-8-4)36(31-27-23-19-15-11-7-3)35(34)30-26-22-18-14-10-6-2;1-5(2,3)4/h33H,5-32H2,1-4H3;(H4,1,2,3,4). The van der Waals surface area contributed by atoms with Crippen LogP contribution in [0.15, 0.2) is 6.07 Å². The van der Waals surface area contributed by atoms with Gasteiger partial charge in [0.15, 0.2) is 0 Å². The Kier molecular flexibility index (Phi) is 30.1. The SMILES string of the molecule is CCCCCCCCc1cc(I(=O)=O)c(CCCCCCCC)c(CCCCCCCC)c1CCCCCCCC.NS(N)(=O)=O. The van der Waals surface area contributed by atoms with Gasteiger partial charge in [-0.1, -0.05) is 156 Å². The van der Waals surface area contributed by atoms with Crippen LogP contribution in [0.1, 0.15) is 204 Å². The molecule has 0 bridgehead atoms. The zero-order chi connectivity index (χ0) is 34.5. The van der Waals surface area contributed by atoms with Crippen LogP contribution >= 0.6 is 19.8 Å². The van der Waals surface area contributed by atoms with Crippen molar-refractivity contribution in [3.05, 3.63) is 31.9 Å². The molecule has 0 amide bonds. The molecule has 1 aromatic carbocycles.